The molecule has 0 saturated heterocycles. The van der Waals surface area contributed by atoms with Crippen LogP contribution in [0.25, 0.3) is 11.3 Å². The molecule has 0 aliphatic carbocycles. The predicted molar refractivity (Wildman–Crippen MR) is 90.6 cm³/mol. The number of hydrogen-bond donors (Lipinski definition) is 3. The second kappa shape index (κ2) is 6.10. The number of anilines is 2. The number of benzene rings is 2. The van der Waals surface area contributed by atoms with Gasteiger partial charge in [-0.25, -0.2) is 4.98 Å². The smallest absolute Gasteiger partial charge is 0.187 e. The Bertz CT molecular complexity index is 874. The summed E-state index contributed by atoms with van der Waals surface area (Å²) < 4.78 is 0. The number of aromatic hydroxyl groups is 2. The number of thiazole rings is 1. The fourth-order valence-electron chi connectivity index (χ4n) is 2.13. The fraction of sp³-hybridized carbons (Fsp3) is 0.0588. The van der Waals surface area contributed by atoms with Crippen LogP contribution in [0.5, 0.6) is 11.5 Å². The highest BCUT2D eigenvalue weighted by molar-refractivity contribution is 7.14. The van der Waals surface area contributed by atoms with E-state index >= 15 is 0 Å². The Balaban J connectivity index is 1.85. The van der Waals surface area contributed by atoms with Crippen LogP contribution in [0.1, 0.15) is 17.3 Å². The number of phenolic OH excluding ortho intramolecular Hbond substituents is 2. The van der Waals surface area contributed by atoms with Crippen LogP contribution in [0.15, 0.2) is 47.8 Å². The molecule has 0 atom stereocenters. The normalized spacial score (nSPS) is 10.5. The topological polar surface area (TPSA) is 82.5 Å². The van der Waals surface area contributed by atoms with Crippen LogP contribution in [0.2, 0.25) is 0 Å². The number of carbonyl (C=O) groups excluding carboxylic acids is 1. The molecule has 116 valence electrons. The van der Waals surface area contributed by atoms with Gasteiger partial charge in [-0.3, -0.25) is 4.79 Å². The van der Waals surface area contributed by atoms with E-state index in [2.05, 4.69) is 10.3 Å². The second-order valence-corrected chi connectivity index (χ2v) is 5.86. The molecule has 0 saturated carbocycles. The van der Waals surface area contributed by atoms with Gasteiger partial charge in [0, 0.05) is 28.3 Å². The van der Waals surface area contributed by atoms with Crippen molar-refractivity contribution in [2.24, 2.45) is 0 Å². The Morgan fingerprint density at radius 1 is 1.17 bits per heavy atom. The number of nitrogens with one attached hydrogen (secondary N) is 1. The molecule has 3 N–H and O–H groups in total. The van der Waals surface area contributed by atoms with Gasteiger partial charge < -0.3 is 15.5 Å². The number of rotatable bonds is 4. The molecule has 0 unspecified atom stereocenters. The summed E-state index contributed by atoms with van der Waals surface area (Å²) in [5, 5.41) is 24.8. The Labute approximate surface area is 136 Å². The van der Waals surface area contributed by atoms with Crippen LogP contribution in [0.3, 0.4) is 0 Å². The largest absolute Gasteiger partial charge is 0.508 e. The lowest BCUT2D eigenvalue weighted by atomic mass is 10.1. The average molecular weight is 326 g/mol. The molecule has 6 heteroatoms. The summed E-state index contributed by atoms with van der Waals surface area (Å²) in [5.74, 6) is -0.0243. The molecule has 1 heterocycles. The van der Waals surface area contributed by atoms with Gasteiger partial charge in [0.25, 0.3) is 0 Å². The minimum Gasteiger partial charge on any atom is -0.508 e. The predicted octanol–water partition coefficient (Wildman–Crippen LogP) is 4.17. The Kier molecular flexibility index (Phi) is 3.99. The van der Waals surface area contributed by atoms with E-state index in [4.69, 9.17) is 0 Å². The first-order chi connectivity index (χ1) is 11.0. The van der Waals surface area contributed by atoms with Gasteiger partial charge in [-0.2, -0.15) is 0 Å². The van der Waals surface area contributed by atoms with Gasteiger partial charge in [-0.05, 0) is 31.2 Å². The highest BCUT2D eigenvalue weighted by Crippen LogP contribution is 2.34. The van der Waals surface area contributed by atoms with E-state index in [0.717, 1.165) is 5.69 Å². The summed E-state index contributed by atoms with van der Waals surface area (Å²) in [5.41, 5.74) is 2.55. The second-order valence-electron chi connectivity index (χ2n) is 5.00. The Morgan fingerprint density at radius 3 is 2.74 bits per heavy atom. The minimum absolute atomic E-state index is 0.000811. The maximum Gasteiger partial charge on any atom is 0.187 e. The molecule has 0 bridgehead atoms. The Hall–Kier alpha value is -2.86. The van der Waals surface area contributed by atoms with Crippen molar-refractivity contribution < 1.29 is 15.0 Å². The highest BCUT2D eigenvalue weighted by atomic mass is 32.1. The zero-order chi connectivity index (χ0) is 16.4. The number of aromatic nitrogens is 1. The van der Waals surface area contributed by atoms with Crippen molar-refractivity contribution in [3.8, 4) is 22.8 Å². The van der Waals surface area contributed by atoms with Crippen LogP contribution in [-0.2, 0) is 0 Å². The number of hydrogen-bond acceptors (Lipinski definition) is 6. The standard InChI is InChI=1S/C17H14N2O3S/c1-10(20)11-3-2-4-12(7-11)18-17-19-15(9-23-17)14-6-5-13(21)8-16(14)22/h2-9,21-22H,1H3,(H,18,19). The van der Waals surface area contributed by atoms with Gasteiger partial charge >= 0.3 is 0 Å². The molecule has 1 aromatic heterocycles. The van der Waals surface area contributed by atoms with E-state index in [-0.39, 0.29) is 17.3 Å². The Morgan fingerprint density at radius 2 is 2.00 bits per heavy atom. The molecule has 3 rings (SSSR count). The molecule has 0 radical (unpaired) electrons. The molecular formula is C17H14N2O3S. The number of Topliss-reactive ketones (excluding diaryl/α,β-unsaturated/α-hetero) is 1. The molecule has 0 amide bonds. The average Bonchev–Trinajstić information content (AvgIpc) is 2.95. The van der Waals surface area contributed by atoms with Crippen LogP contribution < -0.4 is 5.32 Å². The van der Waals surface area contributed by atoms with Crippen LogP contribution in [0, 0.1) is 0 Å². The van der Waals surface area contributed by atoms with E-state index in [1.807, 2.05) is 11.4 Å². The van der Waals surface area contributed by atoms with Crippen molar-refractivity contribution in [3.63, 3.8) is 0 Å². The van der Waals surface area contributed by atoms with Crippen molar-refractivity contribution in [2.45, 2.75) is 6.92 Å². The van der Waals surface area contributed by atoms with Gasteiger partial charge in [-0.1, -0.05) is 12.1 Å². The van der Waals surface area contributed by atoms with Crippen molar-refractivity contribution in [1.82, 2.24) is 4.98 Å². The first-order valence-corrected chi connectivity index (χ1v) is 7.77. The van der Waals surface area contributed by atoms with Gasteiger partial charge in [0.05, 0.1) is 5.69 Å². The number of ketones is 1. The lowest BCUT2D eigenvalue weighted by Gasteiger charge is -2.04. The zero-order valence-corrected chi connectivity index (χ0v) is 13.1. The van der Waals surface area contributed by atoms with Crippen LogP contribution in [-0.4, -0.2) is 21.0 Å². The SMILES string of the molecule is CC(=O)c1cccc(Nc2nc(-c3ccc(O)cc3O)cs2)c1. The molecule has 0 aliphatic heterocycles. The first-order valence-electron chi connectivity index (χ1n) is 6.89. The summed E-state index contributed by atoms with van der Waals surface area (Å²) >= 11 is 1.39. The lowest BCUT2D eigenvalue weighted by molar-refractivity contribution is 0.101. The molecule has 0 aliphatic rings. The zero-order valence-electron chi connectivity index (χ0n) is 12.3. The van der Waals surface area contributed by atoms with Crippen LogP contribution >= 0.6 is 11.3 Å². The quantitative estimate of drug-likeness (QED) is 0.627. The number of phenols is 2. The molecule has 5 nitrogen and oxygen atoms in total. The van der Waals surface area contributed by atoms with Gasteiger partial charge in [-0.15, -0.1) is 11.3 Å². The highest BCUT2D eigenvalue weighted by Gasteiger charge is 2.10. The van der Waals surface area contributed by atoms with Crippen molar-refractivity contribution in [1.29, 1.82) is 0 Å². The monoisotopic (exact) mass is 326 g/mol. The molecular weight excluding hydrogens is 312 g/mol. The van der Waals surface area contributed by atoms with E-state index < -0.39 is 0 Å². The van der Waals surface area contributed by atoms with E-state index in [1.165, 1.54) is 30.4 Å². The summed E-state index contributed by atoms with van der Waals surface area (Å²) in [4.78, 5) is 15.8. The first kappa shape index (κ1) is 15.1. The van der Waals surface area contributed by atoms with Crippen molar-refractivity contribution in [2.75, 3.05) is 5.32 Å². The van der Waals surface area contributed by atoms with E-state index in [9.17, 15) is 15.0 Å². The molecule has 0 fully saturated rings. The third kappa shape index (κ3) is 3.32. The third-order valence-corrected chi connectivity index (χ3v) is 4.04. The molecule has 3 aromatic rings. The molecule has 0 spiro atoms. The number of nitrogens with zero attached hydrogens (tertiary/aromatic N) is 1. The summed E-state index contributed by atoms with van der Waals surface area (Å²) in [6.45, 7) is 1.52. The minimum atomic E-state index is -0.0274. The van der Waals surface area contributed by atoms with Crippen LogP contribution in [0.4, 0.5) is 10.8 Å². The number of carbonyl (C=O) groups is 1. The third-order valence-electron chi connectivity index (χ3n) is 3.28. The van der Waals surface area contributed by atoms with Gasteiger partial charge in [0.1, 0.15) is 11.5 Å². The lowest BCUT2D eigenvalue weighted by Crippen LogP contribution is -1.95. The van der Waals surface area contributed by atoms with Gasteiger partial charge in [0.15, 0.2) is 10.9 Å². The molecule has 23 heavy (non-hydrogen) atoms. The molecule has 2 aromatic carbocycles. The van der Waals surface area contributed by atoms with E-state index in [0.29, 0.717) is 22.0 Å². The van der Waals surface area contributed by atoms with Crippen molar-refractivity contribution >= 4 is 27.9 Å². The summed E-state index contributed by atoms with van der Waals surface area (Å²) in [6, 6.07) is 11.6. The fourth-order valence-corrected chi connectivity index (χ4v) is 2.86. The summed E-state index contributed by atoms with van der Waals surface area (Å²) in [6.07, 6.45) is 0. The maximum atomic E-state index is 11.4. The summed E-state index contributed by atoms with van der Waals surface area (Å²) in [7, 11) is 0. The van der Waals surface area contributed by atoms with E-state index in [1.54, 1.807) is 24.3 Å². The van der Waals surface area contributed by atoms with Crippen molar-refractivity contribution in [3.05, 3.63) is 53.4 Å². The maximum absolute atomic E-state index is 11.4. The van der Waals surface area contributed by atoms with Gasteiger partial charge in [0.2, 0.25) is 0 Å².